The molecule has 1 aliphatic heterocycles. The number of rotatable bonds is 6. The van der Waals surface area contributed by atoms with Gasteiger partial charge in [-0.2, -0.15) is 9.97 Å². The largest absolute Gasteiger partial charge is 0.418 e. The summed E-state index contributed by atoms with van der Waals surface area (Å²) in [6.07, 6.45) is 4.95. The SMILES string of the molecule is CCc1cnc(Nc2cc(N3CCN(C)CC3)nc(Oc3c(F)cc4c(c3F)C=C(C)C4)n2)s1. The third kappa shape index (κ3) is 4.60. The number of fused-ring (bicyclic) bond motifs is 1. The smallest absolute Gasteiger partial charge is 0.326 e. The Bertz CT molecular complexity index is 1250. The Morgan fingerprint density at radius 2 is 1.94 bits per heavy atom. The molecule has 10 heteroatoms. The lowest BCUT2D eigenvalue weighted by Crippen LogP contribution is -2.44. The Kier molecular flexibility index (Phi) is 6.18. The van der Waals surface area contributed by atoms with Crippen LogP contribution in [-0.2, 0) is 12.8 Å². The number of benzene rings is 1. The van der Waals surface area contributed by atoms with Gasteiger partial charge in [-0.25, -0.2) is 13.8 Å². The topological polar surface area (TPSA) is 66.4 Å². The molecule has 1 fully saturated rings. The van der Waals surface area contributed by atoms with Gasteiger partial charge in [-0.05, 0) is 38.4 Å². The van der Waals surface area contributed by atoms with Crippen LogP contribution in [0.5, 0.6) is 11.8 Å². The Morgan fingerprint density at radius 3 is 2.68 bits per heavy atom. The summed E-state index contributed by atoms with van der Waals surface area (Å²) in [5.41, 5.74) is 1.95. The second-order valence-corrected chi connectivity index (χ2v) is 9.75. The van der Waals surface area contributed by atoms with Crippen molar-refractivity contribution < 1.29 is 13.5 Å². The molecule has 178 valence electrons. The second-order valence-electron chi connectivity index (χ2n) is 8.64. The van der Waals surface area contributed by atoms with Gasteiger partial charge >= 0.3 is 6.01 Å². The molecule has 0 bridgehead atoms. The van der Waals surface area contributed by atoms with Gasteiger partial charge in [0.2, 0.25) is 5.75 Å². The van der Waals surface area contributed by atoms with Crippen molar-refractivity contribution in [3.05, 3.63) is 51.5 Å². The predicted octanol–water partition coefficient (Wildman–Crippen LogP) is 5.02. The number of nitrogens with zero attached hydrogens (tertiary/aromatic N) is 5. The Hall–Kier alpha value is -3.11. The van der Waals surface area contributed by atoms with E-state index in [4.69, 9.17) is 4.74 Å². The van der Waals surface area contributed by atoms with Gasteiger partial charge in [-0.1, -0.05) is 18.6 Å². The van der Waals surface area contributed by atoms with Crippen LogP contribution in [0.4, 0.5) is 25.5 Å². The van der Waals surface area contributed by atoms with E-state index in [-0.39, 0.29) is 6.01 Å². The number of anilines is 3. The average molecular weight is 485 g/mol. The molecule has 1 aliphatic carbocycles. The lowest BCUT2D eigenvalue weighted by atomic mass is 10.1. The van der Waals surface area contributed by atoms with E-state index < -0.39 is 17.4 Å². The number of likely N-dealkylation sites (N-methyl/N-ethyl adjacent to an activating group) is 1. The van der Waals surface area contributed by atoms with Crippen LogP contribution in [0.1, 0.15) is 29.9 Å². The van der Waals surface area contributed by atoms with E-state index in [2.05, 4.69) is 44.0 Å². The molecule has 1 saturated heterocycles. The van der Waals surface area contributed by atoms with Crippen molar-refractivity contribution in [2.45, 2.75) is 26.7 Å². The number of thiazole rings is 1. The summed E-state index contributed by atoms with van der Waals surface area (Å²) in [5.74, 6) is -0.912. The van der Waals surface area contributed by atoms with E-state index in [1.807, 2.05) is 19.2 Å². The van der Waals surface area contributed by atoms with Crippen LogP contribution in [-0.4, -0.2) is 53.1 Å². The number of aromatic nitrogens is 3. The molecule has 3 aromatic rings. The molecule has 0 saturated carbocycles. The molecule has 0 spiro atoms. The fourth-order valence-electron chi connectivity index (χ4n) is 4.11. The monoisotopic (exact) mass is 484 g/mol. The summed E-state index contributed by atoms with van der Waals surface area (Å²) < 4.78 is 35.7. The van der Waals surface area contributed by atoms with Gasteiger partial charge in [0.25, 0.3) is 0 Å². The van der Waals surface area contributed by atoms with Crippen LogP contribution in [0.15, 0.2) is 23.9 Å². The third-order valence-corrected chi connectivity index (χ3v) is 7.07. The van der Waals surface area contributed by atoms with E-state index in [0.717, 1.165) is 43.1 Å². The molecule has 0 unspecified atom stereocenters. The minimum atomic E-state index is -0.769. The zero-order valence-electron chi connectivity index (χ0n) is 19.4. The zero-order chi connectivity index (χ0) is 23.8. The van der Waals surface area contributed by atoms with E-state index in [1.165, 1.54) is 17.4 Å². The molecular weight excluding hydrogens is 458 g/mol. The first-order valence-corrected chi connectivity index (χ1v) is 12.1. The minimum absolute atomic E-state index is 0.123. The summed E-state index contributed by atoms with van der Waals surface area (Å²) in [5, 5.41) is 3.87. The Labute approximate surface area is 201 Å². The van der Waals surface area contributed by atoms with Gasteiger partial charge < -0.3 is 19.9 Å². The molecule has 5 rings (SSSR count). The number of aryl methyl sites for hydroxylation is 1. The third-order valence-electron chi connectivity index (χ3n) is 6.01. The number of allylic oxidation sites excluding steroid dienone is 1. The quantitative estimate of drug-likeness (QED) is 0.527. The molecular formula is C24H26F2N6OS. The van der Waals surface area contributed by atoms with Gasteiger partial charge in [0.05, 0.1) is 0 Å². The van der Waals surface area contributed by atoms with Crippen molar-refractivity contribution in [3.8, 4) is 11.8 Å². The fraction of sp³-hybridized carbons (Fsp3) is 0.375. The molecule has 0 amide bonds. The van der Waals surface area contributed by atoms with Crippen LogP contribution in [0.25, 0.3) is 6.08 Å². The van der Waals surface area contributed by atoms with Crippen molar-refractivity contribution in [2.24, 2.45) is 0 Å². The summed E-state index contributed by atoms with van der Waals surface area (Å²) in [7, 11) is 2.07. The Balaban J connectivity index is 1.50. The normalized spacial score (nSPS) is 15.9. The summed E-state index contributed by atoms with van der Waals surface area (Å²) in [4.78, 5) is 18.8. The highest BCUT2D eigenvalue weighted by molar-refractivity contribution is 7.15. The standard InChI is InChI=1S/C24H26F2N6OS/c1-4-16-13-27-24(34-16)29-19-12-20(32-7-5-31(3)6-8-32)30-23(28-19)33-22-18(25)11-15-9-14(2)10-17(15)21(22)26/h10-13H,4-9H2,1-3H3,(H,27,28,29,30). The zero-order valence-corrected chi connectivity index (χ0v) is 20.2. The lowest BCUT2D eigenvalue weighted by Gasteiger charge is -2.33. The van der Waals surface area contributed by atoms with Gasteiger partial charge in [0, 0.05) is 48.9 Å². The van der Waals surface area contributed by atoms with Crippen molar-refractivity contribution in [1.29, 1.82) is 0 Å². The second kappa shape index (κ2) is 9.27. The van der Waals surface area contributed by atoms with E-state index in [0.29, 0.717) is 34.3 Å². The van der Waals surface area contributed by atoms with E-state index in [1.54, 1.807) is 6.08 Å². The number of hydrogen-bond acceptors (Lipinski definition) is 8. The minimum Gasteiger partial charge on any atom is -0.418 e. The van der Waals surface area contributed by atoms with Crippen molar-refractivity contribution in [3.63, 3.8) is 0 Å². The maximum atomic E-state index is 15.2. The molecule has 34 heavy (non-hydrogen) atoms. The maximum absolute atomic E-state index is 15.2. The first-order valence-electron chi connectivity index (χ1n) is 11.3. The number of hydrogen-bond donors (Lipinski definition) is 1. The van der Waals surface area contributed by atoms with Gasteiger partial charge in [0.1, 0.15) is 11.6 Å². The van der Waals surface area contributed by atoms with Crippen LogP contribution in [0, 0.1) is 11.6 Å². The Morgan fingerprint density at radius 1 is 1.15 bits per heavy atom. The number of halogens is 2. The summed E-state index contributed by atoms with van der Waals surface area (Å²) >= 11 is 1.53. The summed E-state index contributed by atoms with van der Waals surface area (Å²) in [6.45, 7) is 7.27. The highest BCUT2D eigenvalue weighted by Gasteiger charge is 2.24. The number of piperazine rings is 1. The van der Waals surface area contributed by atoms with Crippen LogP contribution >= 0.6 is 11.3 Å². The molecule has 1 N–H and O–H groups in total. The van der Waals surface area contributed by atoms with E-state index >= 15 is 4.39 Å². The highest BCUT2D eigenvalue weighted by Crippen LogP contribution is 2.36. The van der Waals surface area contributed by atoms with Crippen LogP contribution < -0.4 is 15.0 Å². The average Bonchev–Trinajstić information content (AvgIpc) is 3.42. The number of nitrogens with one attached hydrogen (secondary N) is 1. The molecule has 0 radical (unpaired) electrons. The molecule has 0 atom stereocenters. The predicted molar refractivity (Wildman–Crippen MR) is 130 cm³/mol. The first-order chi connectivity index (χ1) is 16.4. The van der Waals surface area contributed by atoms with Gasteiger partial charge in [0.15, 0.2) is 16.8 Å². The lowest BCUT2D eigenvalue weighted by molar-refractivity contribution is 0.311. The molecule has 3 heterocycles. The van der Waals surface area contributed by atoms with Gasteiger partial charge in [-0.15, -0.1) is 11.3 Å². The van der Waals surface area contributed by atoms with Crippen molar-refractivity contribution in [1.82, 2.24) is 19.9 Å². The number of ether oxygens (including phenoxy) is 1. The maximum Gasteiger partial charge on any atom is 0.326 e. The van der Waals surface area contributed by atoms with Crippen molar-refractivity contribution in [2.75, 3.05) is 43.4 Å². The molecule has 1 aromatic carbocycles. The molecule has 2 aliphatic rings. The van der Waals surface area contributed by atoms with Gasteiger partial charge in [-0.3, -0.25) is 0 Å². The van der Waals surface area contributed by atoms with E-state index in [9.17, 15) is 4.39 Å². The van der Waals surface area contributed by atoms with Crippen LogP contribution in [0.3, 0.4) is 0 Å². The summed E-state index contributed by atoms with van der Waals surface area (Å²) in [6, 6.07) is 3.02. The fourth-order valence-corrected chi connectivity index (χ4v) is 4.87. The van der Waals surface area contributed by atoms with Crippen molar-refractivity contribution >= 4 is 34.2 Å². The molecule has 2 aromatic heterocycles. The first kappa shape index (κ1) is 22.7. The van der Waals surface area contributed by atoms with Crippen LogP contribution in [0.2, 0.25) is 0 Å². The highest BCUT2D eigenvalue weighted by atomic mass is 32.1. The molecule has 7 nitrogen and oxygen atoms in total.